The van der Waals surface area contributed by atoms with E-state index in [1.54, 1.807) is 0 Å². The van der Waals surface area contributed by atoms with Crippen molar-refractivity contribution in [3.8, 4) is 0 Å². The molecule has 0 heteroatoms. The Kier molecular flexibility index (Phi) is 26.2. The molecule has 0 aliphatic heterocycles. The van der Waals surface area contributed by atoms with Gasteiger partial charge in [-0.25, -0.2) is 0 Å². The van der Waals surface area contributed by atoms with Crippen molar-refractivity contribution in [2.75, 3.05) is 0 Å². The predicted octanol–water partition coefficient (Wildman–Crippen LogP) is 10.4. The number of hydrogen-bond acceptors (Lipinski definition) is 0. The molecule has 0 N–H and O–H groups in total. The molecular weight excluding hydrogens is 324 g/mol. The van der Waals surface area contributed by atoms with Crippen molar-refractivity contribution < 1.29 is 0 Å². The summed E-state index contributed by atoms with van der Waals surface area (Å²) in [5.74, 6) is 5.35. The van der Waals surface area contributed by atoms with Crippen LogP contribution in [0.5, 0.6) is 0 Å². The zero-order valence-corrected chi connectivity index (χ0v) is 21.8. The van der Waals surface area contributed by atoms with Crippen LogP contribution in [0, 0.1) is 35.5 Å². The van der Waals surface area contributed by atoms with Crippen LogP contribution < -0.4 is 0 Å². The lowest BCUT2D eigenvalue weighted by Crippen LogP contribution is -1.91. The highest BCUT2D eigenvalue weighted by atomic mass is 14.0. The molecule has 0 radical (unpaired) electrons. The second-order valence-electron chi connectivity index (χ2n) is 11.2. The first kappa shape index (κ1) is 31.7. The van der Waals surface area contributed by atoms with Gasteiger partial charge in [0.05, 0.1) is 0 Å². The van der Waals surface area contributed by atoms with Gasteiger partial charge in [0.25, 0.3) is 0 Å². The summed E-state index contributed by atoms with van der Waals surface area (Å²) in [6, 6.07) is 0. The van der Waals surface area contributed by atoms with Crippen LogP contribution in [-0.4, -0.2) is 0 Å². The largest absolute Gasteiger partial charge is 0.0628 e. The monoisotopic (exact) mass is 384 g/mol. The van der Waals surface area contributed by atoms with E-state index in [0.717, 1.165) is 35.5 Å². The Hall–Kier alpha value is 0. The normalized spacial score (nSPS) is 11.3. The maximum atomic E-state index is 2.30. The van der Waals surface area contributed by atoms with Crippen LogP contribution in [0.1, 0.15) is 141 Å². The van der Waals surface area contributed by atoms with Crippen LogP contribution >= 0.6 is 0 Å². The summed E-state index contributed by atoms with van der Waals surface area (Å²) in [4.78, 5) is 0. The van der Waals surface area contributed by atoms with Crippen molar-refractivity contribution in [1.82, 2.24) is 0 Å². The number of unbranched alkanes of at least 4 members (excludes halogenated alkanes) is 1. The van der Waals surface area contributed by atoms with Gasteiger partial charge in [0.2, 0.25) is 0 Å². The Balaban J connectivity index is -0.000000322. The standard InChI is InChI=1S/C10H22.C9H20.C8H18/c1-9(2)7-5-6-8-10(3)4;1-8(2)6-5-7-9(3)4;1-7(2)5-6-8(3)4/h9-10H,5-8H2,1-4H3;8-9H,5-7H2,1-4H3;7-8H,5-6H2,1-4H3. The van der Waals surface area contributed by atoms with E-state index in [9.17, 15) is 0 Å². The number of hydrogen-bond donors (Lipinski definition) is 0. The molecule has 0 aromatic heterocycles. The van der Waals surface area contributed by atoms with E-state index in [4.69, 9.17) is 0 Å². The summed E-state index contributed by atoms with van der Waals surface area (Å²) in [6.07, 6.45) is 12.7. The molecule has 0 fully saturated rings. The van der Waals surface area contributed by atoms with Crippen LogP contribution in [0.2, 0.25) is 0 Å². The maximum Gasteiger partial charge on any atom is -0.0471 e. The van der Waals surface area contributed by atoms with Crippen molar-refractivity contribution in [2.45, 2.75) is 141 Å². The van der Waals surface area contributed by atoms with Gasteiger partial charge in [-0.15, -0.1) is 0 Å². The molecule has 0 aliphatic carbocycles. The molecule has 27 heavy (non-hydrogen) atoms. The molecular formula is C27H60. The van der Waals surface area contributed by atoms with E-state index in [-0.39, 0.29) is 0 Å². The van der Waals surface area contributed by atoms with Gasteiger partial charge < -0.3 is 0 Å². The molecule has 0 saturated carbocycles. The summed E-state index contributed by atoms with van der Waals surface area (Å²) in [5, 5.41) is 0. The molecule has 0 nitrogen and oxygen atoms in total. The van der Waals surface area contributed by atoms with Crippen LogP contribution in [0.3, 0.4) is 0 Å². The number of rotatable bonds is 12. The third-order valence-electron chi connectivity index (χ3n) is 4.70. The maximum absolute atomic E-state index is 2.30. The fourth-order valence-electron chi connectivity index (χ4n) is 2.71. The molecule has 0 aromatic carbocycles. The highest BCUT2D eigenvalue weighted by Crippen LogP contribution is 2.12. The van der Waals surface area contributed by atoms with Crippen LogP contribution in [0.4, 0.5) is 0 Å². The van der Waals surface area contributed by atoms with E-state index in [1.165, 1.54) is 57.8 Å². The van der Waals surface area contributed by atoms with Crippen molar-refractivity contribution in [2.24, 2.45) is 35.5 Å². The zero-order valence-electron chi connectivity index (χ0n) is 21.8. The van der Waals surface area contributed by atoms with Crippen LogP contribution in [0.25, 0.3) is 0 Å². The first-order valence-electron chi connectivity index (χ1n) is 12.4. The van der Waals surface area contributed by atoms with Crippen LogP contribution in [0.15, 0.2) is 0 Å². The SMILES string of the molecule is CC(C)CCC(C)C.CC(C)CCCC(C)C.CC(C)CCCCC(C)C. The molecule has 0 rings (SSSR count). The first-order valence-corrected chi connectivity index (χ1v) is 12.4. The van der Waals surface area contributed by atoms with E-state index in [0.29, 0.717) is 0 Å². The van der Waals surface area contributed by atoms with Gasteiger partial charge in [-0.1, -0.05) is 141 Å². The molecule has 0 saturated heterocycles. The highest BCUT2D eigenvalue weighted by molar-refractivity contribution is 4.50. The van der Waals surface area contributed by atoms with Crippen molar-refractivity contribution >= 4 is 0 Å². The van der Waals surface area contributed by atoms with Gasteiger partial charge in [-0.05, 0) is 35.5 Å². The van der Waals surface area contributed by atoms with E-state index >= 15 is 0 Å². The Morgan fingerprint density at radius 1 is 0.259 bits per heavy atom. The molecule has 0 unspecified atom stereocenters. The molecule has 168 valence electrons. The predicted molar refractivity (Wildman–Crippen MR) is 131 cm³/mol. The van der Waals surface area contributed by atoms with E-state index in [2.05, 4.69) is 83.1 Å². The summed E-state index contributed by atoms with van der Waals surface area (Å²) >= 11 is 0. The minimum atomic E-state index is 0.886. The van der Waals surface area contributed by atoms with Crippen LogP contribution in [-0.2, 0) is 0 Å². The van der Waals surface area contributed by atoms with Gasteiger partial charge in [-0.3, -0.25) is 0 Å². The first-order chi connectivity index (χ1) is 12.4. The van der Waals surface area contributed by atoms with Crippen molar-refractivity contribution in [1.29, 1.82) is 0 Å². The van der Waals surface area contributed by atoms with Gasteiger partial charge >= 0.3 is 0 Å². The smallest absolute Gasteiger partial charge is 0.0471 e. The average molecular weight is 385 g/mol. The average Bonchev–Trinajstić information content (AvgIpc) is 2.50. The minimum absolute atomic E-state index is 0.886. The second-order valence-corrected chi connectivity index (χ2v) is 11.2. The zero-order chi connectivity index (χ0) is 21.8. The van der Waals surface area contributed by atoms with Crippen molar-refractivity contribution in [3.05, 3.63) is 0 Å². The van der Waals surface area contributed by atoms with E-state index < -0.39 is 0 Å². The molecule has 0 atom stereocenters. The second kappa shape index (κ2) is 22.3. The lowest BCUT2D eigenvalue weighted by Gasteiger charge is -2.05. The highest BCUT2D eigenvalue weighted by Gasteiger charge is 1.97. The summed E-state index contributed by atoms with van der Waals surface area (Å²) < 4.78 is 0. The lowest BCUT2D eigenvalue weighted by atomic mass is 10.0. The summed E-state index contributed by atoms with van der Waals surface area (Å²) in [7, 11) is 0. The quantitative estimate of drug-likeness (QED) is 0.293. The third-order valence-corrected chi connectivity index (χ3v) is 4.70. The molecule has 0 aliphatic rings. The fraction of sp³-hybridized carbons (Fsp3) is 1.00. The Morgan fingerprint density at radius 3 is 0.630 bits per heavy atom. The molecule has 0 spiro atoms. The fourth-order valence-corrected chi connectivity index (χ4v) is 2.71. The minimum Gasteiger partial charge on any atom is -0.0628 e. The van der Waals surface area contributed by atoms with Crippen molar-refractivity contribution in [3.63, 3.8) is 0 Å². The molecule has 0 aromatic rings. The van der Waals surface area contributed by atoms with Gasteiger partial charge in [0, 0.05) is 0 Å². The Labute approximate surface area is 176 Å². The summed E-state index contributed by atoms with van der Waals surface area (Å²) in [5.41, 5.74) is 0. The molecule has 0 bridgehead atoms. The lowest BCUT2D eigenvalue weighted by molar-refractivity contribution is 0.476. The topological polar surface area (TPSA) is 0 Å². The summed E-state index contributed by atoms with van der Waals surface area (Å²) in [6.45, 7) is 27.5. The van der Waals surface area contributed by atoms with Gasteiger partial charge in [0.15, 0.2) is 0 Å². The Morgan fingerprint density at radius 2 is 0.444 bits per heavy atom. The van der Waals surface area contributed by atoms with E-state index in [1.807, 2.05) is 0 Å². The Bertz CT molecular complexity index is 219. The molecule has 0 heterocycles. The van der Waals surface area contributed by atoms with Gasteiger partial charge in [0.1, 0.15) is 0 Å². The van der Waals surface area contributed by atoms with Gasteiger partial charge in [-0.2, -0.15) is 0 Å². The third kappa shape index (κ3) is 46.2. The molecule has 0 amide bonds.